The van der Waals surface area contributed by atoms with Crippen molar-refractivity contribution in [2.45, 2.75) is 57.4 Å². The third kappa shape index (κ3) is 2.65. The molecule has 2 rings (SSSR count). The lowest BCUT2D eigenvalue weighted by Crippen LogP contribution is -2.46. The molecule has 0 radical (unpaired) electrons. The monoisotopic (exact) mass is 263 g/mol. The van der Waals surface area contributed by atoms with Crippen molar-refractivity contribution in [2.24, 2.45) is 0 Å². The van der Waals surface area contributed by atoms with Crippen molar-refractivity contribution < 1.29 is 9.18 Å². The Bertz CT molecular complexity index is 452. The fourth-order valence-electron chi connectivity index (χ4n) is 2.91. The van der Waals surface area contributed by atoms with Crippen molar-refractivity contribution in [1.82, 2.24) is 5.32 Å². The first-order chi connectivity index (χ1) is 9.10. The van der Waals surface area contributed by atoms with Crippen LogP contribution in [0.2, 0.25) is 0 Å². The first kappa shape index (κ1) is 14.0. The predicted octanol–water partition coefficient (Wildman–Crippen LogP) is 3.55. The lowest BCUT2D eigenvalue weighted by Gasteiger charge is -2.30. The van der Waals surface area contributed by atoms with E-state index in [0.29, 0.717) is 5.56 Å². The van der Waals surface area contributed by atoms with Gasteiger partial charge in [-0.05, 0) is 32.3 Å². The fourth-order valence-corrected chi connectivity index (χ4v) is 2.91. The van der Waals surface area contributed by atoms with Crippen LogP contribution in [0.3, 0.4) is 0 Å². The molecule has 0 aliphatic heterocycles. The van der Waals surface area contributed by atoms with Crippen molar-refractivity contribution in [3.05, 3.63) is 35.6 Å². The van der Waals surface area contributed by atoms with E-state index in [1.807, 2.05) is 19.9 Å². The Balaban J connectivity index is 2.33. The van der Waals surface area contributed by atoms with Gasteiger partial charge in [0.25, 0.3) is 0 Å². The van der Waals surface area contributed by atoms with Gasteiger partial charge in [-0.3, -0.25) is 4.79 Å². The lowest BCUT2D eigenvalue weighted by molar-refractivity contribution is -0.127. The molecule has 2 nitrogen and oxygen atoms in total. The minimum Gasteiger partial charge on any atom is -0.353 e. The second-order valence-electron chi connectivity index (χ2n) is 5.55. The molecule has 1 unspecified atom stereocenters. The molecule has 1 aromatic rings. The van der Waals surface area contributed by atoms with Crippen LogP contribution in [-0.4, -0.2) is 11.9 Å². The molecule has 19 heavy (non-hydrogen) atoms. The largest absolute Gasteiger partial charge is 0.353 e. The number of rotatable bonds is 4. The molecular weight excluding hydrogens is 241 g/mol. The maximum atomic E-state index is 14.1. The van der Waals surface area contributed by atoms with Gasteiger partial charge in [0.05, 0.1) is 5.41 Å². The minimum atomic E-state index is -0.658. The molecule has 3 heteroatoms. The lowest BCUT2D eigenvalue weighted by atomic mass is 9.77. The summed E-state index contributed by atoms with van der Waals surface area (Å²) < 4.78 is 14.1. The van der Waals surface area contributed by atoms with Crippen molar-refractivity contribution in [1.29, 1.82) is 0 Å². The number of hydrogen-bond donors (Lipinski definition) is 1. The average Bonchev–Trinajstić information content (AvgIpc) is 2.89. The maximum absolute atomic E-state index is 14.1. The van der Waals surface area contributed by atoms with Crippen molar-refractivity contribution in [2.75, 3.05) is 0 Å². The van der Waals surface area contributed by atoms with Crippen LogP contribution in [0.25, 0.3) is 0 Å². The van der Waals surface area contributed by atoms with Crippen molar-refractivity contribution >= 4 is 5.91 Å². The Kier molecular flexibility index (Phi) is 4.23. The number of amides is 1. The van der Waals surface area contributed by atoms with E-state index in [4.69, 9.17) is 0 Å². The second kappa shape index (κ2) is 5.72. The molecule has 0 spiro atoms. The Morgan fingerprint density at radius 2 is 2.00 bits per heavy atom. The van der Waals surface area contributed by atoms with Gasteiger partial charge in [0, 0.05) is 11.6 Å². The van der Waals surface area contributed by atoms with Gasteiger partial charge in [-0.2, -0.15) is 0 Å². The Morgan fingerprint density at radius 3 is 2.58 bits per heavy atom. The van der Waals surface area contributed by atoms with E-state index in [2.05, 4.69) is 5.32 Å². The van der Waals surface area contributed by atoms with E-state index in [1.54, 1.807) is 12.1 Å². The summed E-state index contributed by atoms with van der Waals surface area (Å²) in [6.45, 7) is 4.03. The number of hydrogen-bond acceptors (Lipinski definition) is 1. The highest BCUT2D eigenvalue weighted by Gasteiger charge is 2.44. The van der Waals surface area contributed by atoms with E-state index < -0.39 is 5.41 Å². The zero-order chi connectivity index (χ0) is 13.9. The molecule has 1 fully saturated rings. The van der Waals surface area contributed by atoms with E-state index >= 15 is 0 Å². The van der Waals surface area contributed by atoms with Crippen LogP contribution in [0.15, 0.2) is 24.3 Å². The van der Waals surface area contributed by atoms with E-state index in [9.17, 15) is 9.18 Å². The summed E-state index contributed by atoms with van der Waals surface area (Å²) in [5.41, 5.74) is -0.0947. The highest BCUT2D eigenvalue weighted by molar-refractivity contribution is 5.88. The normalized spacial score (nSPS) is 19.1. The number of halogens is 1. The van der Waals surface area contributed by atoms with Gasteiger partial charge in [-0.25, -0.2) is 4.39 Å². The molecule has 1 aliphatic rings. The summed E-state index contributed by atoms with van der Waals surface area (Å²) in [5, 5.41) is 3.03. The van der Waals surface area contributed by atoms with Gasteiger partial charge in [-0.15, -0.1) is 0 Å². The quantitative estimate of drug-likeness (QED) is 0.884. The summed E-state index contributed by atoms with van der Waals surface area (Å²) in [6.07, 6.45) is 4.36. The SMILES string of the molecule is CCC(C)NC(=O)C1(c2ccccc2F)CCCC1. The third-order valence-corrected chi connectivity index (χ3v) is 4.27. The molecule has 1 aliphatic carbocycles. The van der Waals surface area contributed by atoms with Gasteiger partial charge in [0.15, 0.2) is 0 Å². The maximum Gasteiger partial charge on any atom is 0.230 e. The molecule has 1 aromatic carbocycles. The summed E-state index contributed by atoms with van der Waals surface area (Å²) in [6, 6.07) is 6.84. The molecular formula is C16H22FNO. The molecule has 1 atom stereocenters. The predicted molar refractivity (Wildman–Crippen MR) is 74.4 cm³/mol. The molecule has 0 heterocycles. The minimum absolute atomic E-state index is 0.00977. The van der Waals surface area contributed by atoms with Crippen LogP contribution in [-0.2, 0) is 10.2 Å². The van der Waals surface area contributed by atoms with Crippen molar-refractivity contribution in [3.63, 3.8) is 0 Å². The molecule has 0 saturated heterocycles. The van der Waals surface area contributed by atoms with Gasteiger partial charge >= 0.3 is 0 Å². The first-order valence-electron chi connectivity index (χ1n) is 7.16. The molecule has 104 valence electrons. The summed E-state index contributed by atoms with van der Waals surface area (Å²) >= 11 is 0. The van der Waals surface area contributed by atoms with Crippen LogP contribution in [0.1, 0.15) is 51.5 Å². The zero-order valence-corrected chi connectivity index (χ0v) is 11.7. The second-order valence-corrected chi connectivity index (χ2v) is 5.55. The smallest absolute Gasteiger partial charge is 0.230 e. The molecule has 1 saturated carbocycles. The Labute approximate surface area is 114 Å². The standard InChI is InChI=1S/C16H22FNO/c1-3-12(2)18-15(19)16(10-6-7-11-16)13-8-4-5-9-14(13)17/h4-5,8-9,12H,3,6-7,10-11H2,1-2H3,(H,18,19). The molecule has 1 N–H and O–H groups in total. The van der Waals surface area contributed by atoms with Crippen LogP contribution in [0.4, 0.5) is 4.39 Å². The first-order valence-corrected chi connectivity index (χ1v) is 7.16. The van der Waals surface area contributed by atoms with E-state index in [1.165, 1.54) is 6.07 Å². The highest BCUT2D eigenvalue weighted by atomic mass is 19.1. The van der Waals surface area contributed by atoms with E-state index in [-0.39, 0.29) is 17.8 Å². The Hall–Kier alpha value is -1.38. The summed E-state index contributed by atoms with van der Waals surface area (Å²) in [4.78, 5) is 12.6. The number of benzene rings is 1. The van der Waals surface area contributed by atoms with Crippen molar-refractivity contribution in [3.8, 4) is 0 Å². The van der Waals surface area contributed by atoms with Gasteiger partial charge in [0.1, 0.15) is 5.82 Å². The highest BCUT2D eigenvalue weighted by Crippen LogP contribution is 2.42. The van der Waals surface area contributed by atoms with E-state index in [0.717, 1.165) is 32.1 Å². The molecule has 1 amide bonds. The number of carbonyl (C=O) groups is 1. The van der Waals surface area contributed by atoms with Crippen LogP contribution in [0.5, 0.6) is 0 Å². The molecule has 0 aromatic heterocycles. The topological polar surface area (TPSA) is 29.1 Å². The van der Waals surface area contributed by atoms with Gasteiger partial charge < -0.3 is 5.32 Å². The third-order valence-electron chi connectivity index (χ3n) is 4.27. The van der Waals surface area contributed by atoms with Gasteiger partial charge in [-0.1, -0.05) is 38.0 Å². The number of carbonyl (C=O) groups excluding carboxylic acids is 1. The summed E-state index contributed by atoms with van der Waals surface area (Å²) in [7, 11) is 0. The average molecular weight is 263 g/mol. The van der Waals surface area contributed by atoms with Crippen LogP contribution >= 0.6 is 0 Å². The van der Waals surface area contributed by atoms with Crippen LogP contribution < -0.4 is 5.32 Å². The Morgan fingerprint density at radius 1 is 1.37 bits per heavy atom. The summed E-state index contributed by atoms with van der Waals surface area (Å²) in [5.74, 6) is -0.270. The number of nitrogens with one attached hydrogen (secondary N) is 1. The fraction of sp³-hybridized carbons (Fsp3) is 0.562. The van der Waals surface area contributed by atoms with Crippen LogP contribution in [0, 0.1) is 5.82 Å². The zero-order valence-electron chi connectivity index (χ0n) is 11.7. The molecule has 0 bridgehead atoms. The van der Waals surface area contributed by atoms with Gasteiger partial charge in [0.2, 0.25) is 5.91 Å².